The third-order valence-corrected chi connectivity index (χ3v) is 4.06. The zero-order valence-electron chi connectivity index (χ0n) is 13.0. The van der Waals surface area contributed by atoms with Crippen molar-refractivity contribution in [2.24, 2.45) is 0 Å². The molecule has 0 aliphatic carbocycles. The number of hydrogen-bond acceptors (Lipinski definition) is 5. The Balaban J connectivity index is 1.85. The number of nitrogens with zero attached hydrogens (tertiary/aromatic N) is 3. The Hall–Kier alpha value is -2.70. The highest BCUT2D eigenvalue weighted by Crippen LogP contribution is 2.27. The first kappa shape index (κ1) is 17.1. The first-order valence-corrected chi connectivity index (χ1v) is 7.90. The van der Waals surface area contributed by atoms with Gasteiger partial charge in [-0.2, -0.15) is 0 Å². The molecule has 6 nitrogen and oxygen atoms in total. The summed E-state index contributed by atoms with van der Waals surface area (Å²) < 4.78 is 5.08. The molecule has 2 heterocycles. The van der Waals surface area contributed by atoms with Gasteiger partial charge in [0.05, 0.1) is 40.9 Å². The first-order valence-electron chi connectivity index (χ1n) is 7.14. The van der Waals surface area contributed by atoms with E-state index in [4.69, 9.17) is 27.9 Å². The first-order chi connectivity index (χ1) is 12.1. The molecule has 1 aromatic carbocycles. The Morgan fingerprint density at radius 1 is 1.08 bits per heavy atom. The van der Waals surface area contributed by atoms with E-state index >= 15 is 0 Å². The number of aromatic nitrogens is 3. The van der Waals surface area contributed by atoms with E-state index in [1.165, 1.54) is 19.6 Å². The topological polar surface area (TPSA) is 77.0 Å². The van der Waals surface area contributed by atoms with Crippen molar-refractivity contribution in [3.05, 3.63) is 64.8 Å². The summed E-state index contributed by atoms with van der Waals surface area (Å²) in [6, 6.07) is 8.35. The Labute approximate surface area is 153 Å². The van der Waals surface area contributed by atoms with Crippen molar-refractivity contribution in [1.82, 2.24) is 15.0 Å². The molecule has 0 saturated carbocycles. The number of anilines is 1. The molecule has 25 heavy (non-hydrogen) atoms. The quantitative estimate of drug-likeness (QED) is 0.743. The van der Waals surface area contributed by atoms with E-state index < -0.39 is 5.91 Å². The largest absolute Gasteiger partial charge is 0.495 e. The molecule has 0 saturated heterocycles. The van der Waals surface area contributed by atoms with Gasteiger partial charge in [0.15, 0.2) is 0 Å². The molecule has 1 amide bonds. The lowest BCUT2D eigenvalue weighted by atomic mass is 10.1. The van der Waals surface area contributed by atoms with E-state index in [0.717, 1.165) is 5.56 Å². The van der Waals surface area contributed by atoms with Crippen molar-refractivity contribution in [1.29, 1.82) is 0 Å². The SMILES string of the molecule is COc1cncc(NC(=O)c2cc(-c3ccc(Cl)c(Cl)c3)ncn2)c1. The zero-order chi connectivity index (χ0) is 17.8. The van der Waals surface area contributed by atoms with Gasteiger partial charge in [0.25, 0.3) is 5.91 Å². The predicted molar refractivity (Wildman–Crippen MR) is 96.2 cm³/mol. The number of nitrogens with one attached hydrogen (secondary N) is 1. The summed E-state index contributed by atoms with van der Waals surface area (Å²) in [5, 5.41) is 3.57. The minimum atomic E-state index is -0.390. The van der Waals surface area contributed by atoms with Crippen LogP contribution >= 0.6 is 23.2 Å². The van der Waals surface area contributed by atoms with Gasteiger partial charge in [-0.25, -0.2) is 9.97 Å². The number of methoxy groups -OCH3 is 1. The lowest BCUT2D eigenvalue weighted by molar-refractivity contribution is 0.102. The van der Waals surface area contributed by atoms with E-state index in [-0.39, 0.29) is 5.69 Å². The fraction of sp³-hybridized carbons (Fsp3) is 0.0588. The summed E-state index contributed by atoms with van der Waals surface area (Å²) in [4.78, 5) is 24.6. The van der Waals surface area contributed by atoms with Crippen LogP contribution in [0, 0.1) is 0 Å². The average molecular weight is 375 g/mol. The number of halogens is 2. The average Bonchev–Trinajstić information content (AvgIpc) is 2.64. The van der Waals surface area contributed by atoms with Gasteiger partial charge in [-0.3, -0.25) is 9.78 Å². The number of carbonyl (C=O) groups excluding carboxylic acids is 1. The molecule has 3 aromatic rings. The molecule has 2 aromatic heterocycles. The Kier molecular flexibility index (Phi) is 5.11. The van der Waals surface area contributed by atoms with Crippen molar-refractivity contribution < 1.29 is 9.53 Å². The van der Waals surface area contributed by atoms with Gasteiger partial charge in [0.1, 0.15) is 17.8 Å². The number of benzene rings is 1. The molecule has 0 aliphatic rings. The van der Waals surface area contributed by atoms with E-state index in [1.54, 1.807) is 36.5 Å². The molecule has 0 unspecified atom stereocenters. The van der Waals surface area contributed by atoms with Crippen LogP contribution in [0.15, 0.2) is 49.1 Å². The minimum absolute atomic E-state index is 0.207. The van der Waals surface area contributed by atoms with Crippen LogP contribution in [0.1, 0.15) is 10.5 Å². The lowest BCUT2D eigenvalue weighted by Gasteiger charge is -2.07. The lowest BCUT2D eigenvalue weighted by Crippen LogP contribution is -2.14. The van der Waals surface area contributed by atoms with Gasteiger partial charge >= 0.3 is 0 Å². The van der Waals surface area contributed by atoms with Crippen LogP contribution in [0.25, 0.3) is 11.3 Å². The van der Waals surface area contributed by atoms with Crippen LogP contribution in [0.2, 0.25) is 10.0 Å². The molecule has 0 bridgehead atoms. The summed E-state index contributed by atoms with van der Waals surface area (Å²) in [7, 11) is 1.52. The van der Waals surface area contributed by atoms with E-state index in [2.05, 4.69) is 20.3 Å². The van der Waals surface area contributed by atoms with Crippen molar-refractivity contribution >= 4 is 34.8 Å². The molecule has 3 rings (SSSR count). The van der Waals surface area contributed by atoms with Crippen LogP contribution in [0.4, 0.5) is 5.69 Å². The summed E-state index contributed by atoms with van der Waals surface area (Å²) in [5.74, 6) is 0.149. The van der Waals surface area contributed by atoms with Gasteiger partial charge in [-0.1, -0.05) is 29.3 Å². The van der Waals surface area contributed by atoms with Crippen molar-refractivity contribution in [2.45, 2.75) is 0 Å². The van der Waals surface area contributed by atoms with Crippen LogP contribution in [0.5, 0.6) is 5.75 Å². The summed E-state index contributed by atoms with van der Waals surface area (Å²) >= 11 is 11.9. The molecular formula is C17H12Cl2N4O2. The molecule has 0 atom stereocenters. The second kappa shape index (κ2) is 7.46. The molecule has 0 fully saturated rings. The fourth-order valence-corrected chi connectivity index (χ4v) is 2.39. The van der Waals surface area contributed by atoms with Gasteiger partial charge in [0, 0.05) is 11.6 Å². The number of amides is 1. The maximum atomic E-state index is 12.4. The van der Waals surface area contributed by atoms with Crippen molar-refractivity contribution in [3.63, 3.8) is 0 Å². The molecular weight excluding hydrogens is 363 g/mol. The monoisotopic (exact) mass is 374 g/mol. The molecule has 8 heteroatoms. The smallest absolute Gasteiger partial charge is 0.274 e. The maximum absolute atomic E-state index is 12.4. The van der Waals surface area contributed by atoms with Crippen molar-refractivity contribution in [2.75, 3.05) is 12.4 Å². The highest BCUT2D eigenvalue weighted by atomic mass is 35.5. The standard InChI is InChI=1S/C17H12Cl2N4O2/c1-25-12-5-11(7-20-8-12)23-17(24)16-6-15(21-9-22-16)10-2-3-13(18)14(19)4-10/h2-9H,1H3,(H,23,24). The molecule has 0 aliphatic heterocycles. The fourth-order valence-electron chi connectivity index (χ4n) is 2.09. The predicted octanol–water partition coefficient (Wildman–Crippen LogP) is 4.11. The Morgan fingerprint density at radius 2 is 1.92 bits per heavy atom. The molecule has 0 radical (unpaired) electrons. The van der Waals surface area contributed by atoms with E-state index in [1.807, 2.05) is 0 Å². The number of carbonyl (C=O) groups is 1. The summed E-state index contributed by atoms with van der Waals surface area (Å²) in [5.41, 5.74) is 1.99. The summed E-state index contributed by atoms with van der Waals surface area (Å²) in [6.07, 6.45) is 4.38. The minimum Gasteiger partial charge on any atom is -0.495 e. The number of rotatable bonds is 4. The van der Waals surface area contributed by atoms with Gasteiger partial charge in [-0.05, 0) is 18.2 Å². The molecule has 1 N–H and O–H groups in total. The van der Waals surface area contributed by atoms with Crippen molar-refractivity contribution in [3.8, 4) is 17.0 Å². The highest BCUT2D eigenvalue weighted by Gasteiger charge is 2.11. The van der Waals surface area contributed by atoms with Crippen LogP contribution < -0.4 is 10.1 Å². The van der Waals surface area contributed by atoms with Gasteiger partial charge < -0.3 is 10.1 Å². The Morgan fingerprint density at radius 3 is 2.68 bits per heavy atom. The number of ether oxygens (including phenoxy) is 1. The summed E-state index contributed by atoms with van der Waals surface area (Å²) in [6.45, 7) is 0. The second-order valence-electron chi connectivity index (χ2n) is 4.98. The van der Waals surface area contributed by atoms with Crippen LogP contribution in [0.3, 0.4) is 0 Å². The second-order valence-corrected chi connectivity index (χ2v) is 5.80. The van der Waals surface area contributed by atoms with Gasteiger partial charge in [0.2, 0.25) is 0 Å². The van der Waals surface area contributed by atoms with Crippen LogP contribution in [-0.2, 0) is 0 Å². The highest BCUT2D eigenvalue weighted by molar-refractivity contribution is 6.42. The van der Waals surface area contributed by atoms with E-state index in [0.29, 0.717) is 27.2 Å². The zero-order valence-corrected chi connectivity index (χ0v) is 14.5. The number of hydrogen-bond donors (Lipinski definition) is 1. The molecule has 126 valence electrons. The normalized spacial score (nSPS) is 10.4. The maximum Gasteiger partial charge on any atom is 0.274 e. The van der Waals surface area contributed by atoms with Gasteiger partial charge in [-0.15, -0.1) is 0 Å². The third-order valence-electron chi connectivity index (χ3n) is 3.32. The third kappa shape index (κ3) is 4.04. The van der Waals surface area contributed by atoms with E-state index in [9.17, 15) is 4.79 Å². The molecule has 0 spiro atoms. The number of pyridine rings is 1. The Bertz CT molecular complexity index is 934. The van der Waals surface area contributed by atoms with Crippen LogP contribution in [-0.4, -0.2) is 28.0 Å².